The summed E-state index contributed by atoms with van der Waals surface area (Å²) in [6.45, 7) is 0.394. The zero-order valence-electron chi connectivity index (χ0n) is 14.9. The van der Waals surface area contributed by atoms with E-state index >= 15 is 0 Å². The molecule has 1 aliphatic rings. The molecule has 1 aromatic heterocycles. The molecule has 0 fully saturated rings. The third kappa shape index (κ3) is 3.19. The molecule has 0 saturated carbocycles. The van der Waals surface area contributed by atoms with Crippen molar-refractivity contribution in [2.24, 2.45) is 0 Å². The first-order valence-electron chi connectivity index (χ1n) is 9.09. The van der Waals surface area contributed by atoms with E-state index in [-0.39, 0.29) is 5.63 Å². The summed E-state index contributed by atoms with van der Waals surface area (Å²) < 4.78 is 16.9. The molecular weight excluding hydrogens is 328 g/mol. The maximum absolute atomic E-state index is 12.4. The van der Waals surface area contributed by atoms with Crippen LogP contribution in [0.5, 0.6) is 11.5 Å². The Morgan fingerprint density at radius 1 is 1.00 bits per heavy atom. The highest BCUT2D eigenvalue weighted by Crippen LogP contribution is 2.29. The van der Waals surface area contributed by atoms with Gasteiger partial charge in [0.25, 0.3) is 0 Å². The Morgan fingerprint density at radius 2 is 1.81 bits per heavy atom. The molecule has 0 atom stereocenters. The summed E-state index contributed by atoms with van der Waals surface area (Å²) in [4.78, 5) is 12.4. The maximum Gasteiger partial charge on any atom is 0.339 e. The van der Waals surface area contributed by atoms with Crippen molar-refractivity contribution >= 4 is 11.0 Å². The first kappa shape index (κ1) is 16.7. The Balaban J connectivity index is 1.65. The van der Waals surface area contributed by atoms with Gasteiger partial charge in [-0.25, -0.2) is 4.79 Å². The minimum Gasteiger partial charge on any atom is -0.496 e. The van der Waals surface area contributed by atoms with Gasteiger partial charge in [-0.3, -0.25) is 0 Å². The summed E-state index contributed by atoms with van der Waals surface area (Å²) in [5.41, 5.74) is 3.39. The molecule has 0 radical (unpaired) electrons. The number of aryl methyl sites for hydroxylation is 1. The van der Waals surface area contributed by atoms with E-state index in [4.69, 9.17) is 13.9 Å². The predicted molar refractivity (Wildman–Crippen MR) is 101 cm³/mol. The number of para-hydroxylation sites is 1. The van der Waals surface area contributed by atoms with Gasteiger partial charge in [0.1, 0.15) is 23.7 Å². The lowest BCUT2D eigenvalue weighted by Gasteiger charge is -2.12. The highest BCUT2D eigenvalue weighted by Gasteiger charge is 2.17. The molecule has 0 bridgehead atoms. The van der Waals surface area contributed by atoms with Gasteiger partial charge in [0.2, 0.25) is 0 Å². The minimum absolute atomic E-state index is 0.198. The van der Waals surface area contributed by atoms with Crippen molar-refractivity contribution in [2.75, 3.05) is 7.11 Å². The monoisotopic (exact) mass is 350 g/mol. The summed E-state index contributed by atoms with van der Waals surface area (Å²) in [6.07, 6.45) is 5.11. The van der Waals surface area contributed by atoms with Gasteiger partial charge in [0, 0.05) is 22.6 Å². The fourth-order valence-electron chi connectivity index (χ4n) is 3.68. The topological polar surface area (TPSA) is 48.7 Å². The van der Waals surface area contributed by atoms with E-state index in [2.05, 4.69) is 0 Å². The zero-order valence-corrected chi connectivity index (χ0v) is 14.9. The van der Waals surface area contributed by atoms with E-state index < -0.39 is 0 Å². The molecule has 3 aromatic rings. The molecule has 4 heteroatoms. The molecule has 26 heavy (non-hydrogen) atoms. The molecule has 0 saturated heterocycles. The molecule has 1 aliphatic carbocycles. The van der Waals surface area contributed by atoms with Gasteiger partial charge >= 0.3 is 5.63 Å². The maximum atomic E-state index is 12.4. The average Bonchev–Trinajstić information content (AvgIpc) is 2.93. The molecule has 4 nitrogen and oxygen atoms in total. The number of benzene rings is 2. The van der Waals surface area contributed by atoms with E-state index in [9.17, 15) is 4.79 Å². The molecule has 4 rings (SSSR count). The van der Waals surface area contributed by atoms with E-state index in [0.29, 0.717) is 17.9 Å². The van der Waals surface area contributed by atoms with Gasteiger partial charge in [-0.15, -0.1) is 0 Å². The van der Waals surface area contributed by atoms with Crippen molar-refractivity contribution in [2.45, 2.75) is 38.7 Å². The van der Waals surface area contributed by atoms with Crippen LogP contribution < -0.4 is 15.1 Å². The van der Waals surface area contributed by atoms with E-state index in [1.54, 1.807) is 7.11 Å². The molecule has 1 heterocycles. The lowest BCUT2D eigenvalue weighted by atomic mass is 10.0. The summed E-state index contributed by atoms with van der Waals surface area (Å²) in [5, 5.41) is 1.03. The lowest BCUT2D eigenvalue weighted by Crippen LogP contribution is -2.10. The van der Waals surface area contributed by atoms with Crippen LogP contribution in [0.25, 0.3) is 11.0 Å². The summed E-state index contributed by atoms with van der Waals surface area (Å²) in [7, 11) is 1.65. The Kier molecular flexibility index (Phi) is 4.65. The molecule has 134 valence electrons. The van der Waals surface area contributed by atoms with Crippen molar-refractivity contribution in [1.29, 1.82) is 0 Å². The van der Waals surface area contributed by atoms with Gasteiger partial charge in [0.05, 0.1) is 7.11 Å². The van der Waals surface area contributed by atoms with E-state index in [1.165, 1.54) is 0 Å². The van der Waals surface area contributed by atoms with Gasteiger partial charge in [-0.1, -0.05) is 24.6 Å². The number of methoxy groups -OCH3 is 1. The lowest BCUT2D eigenvalue weighted by molar-refractivity contribution is 0.296. The molecule has 0 aliphatic heterocycles. The summed E-state index contributed by atoms with van der Waals surface area (Å²) in [5.74, 6) is 1.48. The molecule has 0 spiro atoms. The van der Waals surface area contributed by atoms with Crippen LogP contribution in [0.2, 0.25) is 0 Å². The van der Waals surface area contributed by atoms with E-state index in [1.807, 2.05) is 42.5 Å². The first-order valence-corrected chi connectivity index (χ1v) is 9.09. The van der Waals surface area contributed by atoms with Gasteiger partial charge < -0.3 is 13.9 Å². The second kappa shape index (κ2) is 7.24. The highest BCUT2D eigenvalue weighted by molar-refractivity contribution is 5.82. The first-order chi connectivity index (χ1) is 12.8. The van der Waals surface area contributed by atoms with Crippen LogP contribution in [0.3, 0.4) is 0 Å². The molecule has 0 N–H and O–H groups in total. The predicted octanol–water partition coefficient (Wildman–Crippen LogP) is 4.65. The Morgan fingerprint density at radius 3 is 2.65 bits per heavy atom. The smallest absolute Gasteiger partial charge is 0.339 e. The minimum atomic E-state index is -0.198. The van der Waals surface area contributed by atoms with Crippen LogP contribution in [0.1, 0.15) is 36.0 Å². The molecule has 0 amide bonds. The van der Waals surface area contributed by atoms with Crippen LogP contribution in [0.4, 0.5) is 0 Å². The number of hydrogen-bond donors (Lipinski definition) is 0. The second-order valence-electron chi connectivity index (χ2n) is 6.67. The summed E-state index contributed by atoms with van der Waals surface area (Å²) >= 11 is 0. The van der Waals surface area contributed by atoms with Gasteiger partial charge in [-0.2, -0.15) is 0 Å². The zero-order chi connectivity index (χ0) is 17.9. The Labute approximate surface area is 152 Å². The molecule has 2 aromatic carbocycles. The largest absolute Gasteiger partial charge is 0.496 e. The highest BCUT2D eigenvalue weighted by atomic mass is 16.5. The fourth-order valence-corrected chi connectivity index (χ4v) is 3.68. The number of hydrogen-bond acceptors (Lipinski definition) is 4. The number of ether oxygens (including phenoxy) is 2. The van der Waals surface area contributed by atoms with Crippen LogP contribution in [0.15, 0.2) is 51.7 Å². The second-order valence-corrected chi connectivity index (χ2v) is 6.67. The molecular formula is C22H22O4. The number of rotatable bonds is 4. The van der Waals surface area contributed by atoms with Crippen LogP contribution >= 0.6 is 0 Å². The summed E-state index contributed by atoms with van der Waals surface area (Å²) in [6, 6.07) is 13.5. The van der Waals surface area contributed by atoms with Crippen molar-refractivity contribution < 1.29 is 13.9 Å². The van der Waals surface area contributed by atoms with Gasteiger partial charge in [0.15, 0.2) is 0 Å². The van der Waals surface area contributed by atoms with Gasteiger partial charge in [-0.05, 0) is 49.4 Å². The van der Waals surface area contributed by atoms with Crippen LogP contribution in [-0.4, -0.2) is 7.11 Å². The standard InChI is InChI=1S/C22H22O4/c1-24-20-10-6-5-7-15(20)14-25-16-11-12-18-17-8-3-2-4-9-19(17)22(23)26-21(18)13-16/h5-7,10-13H,2-4,8-9,14H2,1H3. The Bertz CT molecular complexity index is 987. The van der Waals surface area contributed by atoms with Crippen molar-refractivity contribution in [1.82, 2.24) is 0 Å². The number of fused-ring (bicyclic) bond motifs is 3. The van der Waals surface area contributed by atoms with Crippen LogP contribution in [0, 0.1) is 0 Å². The average molecular weight is 350 g/mol. The fraction of sp³-hybridized carbons (Fsp3) is 0.318. The normalized spacial score (nSPS) is 13.9. The SMILES string of the molecule is COc1ccccc1COc1ccc2c3c(c(=O)oc2c1)CCCCC3. The van der Waals surface area contributed by atoms with Crippen molar-refractivity contribution in [3.8, 4) is 11.5 Å². The quantitative estimate of drug-likeness (QED) is 0.508. The molecule has 0 unspecified atom stereocenters. The third-order valence-electron chi connectivity index (χ3n) is 5.03. The Hall–Kier alpha value is -2.75. The van der Waals surface area contributed by atoms with Crippen molar-refractivity contribution in [3.63, 3.8) is 0 Å². The van der Waals surface area contributed by atoms with Crippen molar-refractivity contribution in [3.05, 3.63) is 69.6 Å². The van der Waals surface area contributed by atoms with E-state index in [0.717, 1.165) is 59.9 Å². The van der Waals surface area contributed by atoms with Crippen LogP contribution in [-0.2, 0) is 19.4 Å². The third-order valence-corrected chi connectivity index (χ3v) is 5.03.